The Hall–Kier alpha value is -1.78. The fourth-order valence-electron chi connectivity index (χ4n) is 2.72. The molecule has 1 unspecified atom stereocenters. The molecule has 110 valence electrons. The van der Waals surface area contributed by atoms with Crippen LogP contribution >= 0.6 is 0 Å². The van der Waals surface area contributed by atoms with Gasteiger partial charge in [-0.25, -0.2) is 9.18 Å². The second kappa shape index (κ2) is 6.11. The Morgan fingerprint density at radius 1 is 1.40 bits per heavy atom. The van der Waals surface area contributed by atoms with Crippen molar-refractivity contribution in [1.29, 1.82) is 0 Å². The summed E-state index contributed by atoms with van der Waals surface area (Å²) in [6.07, 6.45) is 4.36. The largest absolute Gasteiger partial charge is 0.465 e. The minimum atomic E-state index is -0.536. The minimum absolute atomic E-state index is 0.112. The average molecular weight is 280 g/mol. The zero-order chi connectivity index (χ0) is 14.7. The molecule has 1 heterocycles. The molecule has 0 aliphatic carbocycles. The molecular weight excluding hydrogens is 259 g/mol. The van der Waals surface area contributed by atoms with Crippen molar-refractivity contribution in [3.63, 3.8) is 0 Å². The molecule has 0 spiro atoms. The molecule has 1 atom stereocenters. The first-order chi connectivity index (χ1) is 9.54. The third kappa shape index (κ3) is 2.86. The number of halogens is 1. The van der Waals surface area contributed by atoms with E-state index in [-0.39, 0.29) is 23.1 Å². The van der Waals surface area contributed by atoms with Gasteiger partial charge in [-0.05, 0) is 31.9 Å². The standard InChI is InChI=1S/C15H21FN2O2/c1-10-6-4-3-5-7-18(10)14-8-11(15(19)20-2)13(17)9-12(14)16/h8-10H,3-7,17H2,1-2H3. The van der Waals surface area contributed by atoms with Gasteiger partial charge in [0.2, 0.25) is 0 Å². The number of hydrogen-bond acceptors (Lipinski definition) is 4. The maximum Gasteiger partial charge on any atom is 0.340 e. The number of rotatable bonds is 2. The highest BCUT2D eigenvalue weighted by atomic mass is 19.1. The van der Waals surface area contributed by atoms with Gasteiger partial charge in [0.25, 0.3) is 0 Å². The summed E-state index contributed by atoms with van der Waals surface area (Å²) < 4.78 is 18.9. The fraction of sp³-hybridized carbons (Fsp3) is 0.533. The maximum atomic E-state index is 14.2. The first kappa shape index (κ1) is 14.6. The van der Waals surface area contributed by atoms with E-state index >= 15 is 0 Å². The average Bonchev–Trinajstić information content (AvgIpc) is 2.63. The van der Waals surface area contributed by atoms with Crippen LogP contribution in [0.15, 0.2) is 12.1 Å². The summed E-state index contributed by atoms with van der Waals surface area (Å²) in [5.74, 6) is -0.921. The number of hydrogen-bond donors (Lipinski definition) is 1. The molecule has 0 radical (unpaired) electrons. The normalized spacial score (nSPS) is 19.6. The van der Waals surface area contributed by atoms with Gasteiger partial charge in [0.05, 0.1) is 18.4 Å². The van der Waals surface area contributed by atoms with Crippen LogP contribution in [0.25, 0.3) is 0 Å². The molecule has 5 heteroatoms. The highest BCUT2D eigenvalue weighted by Crippen LogP contribution is 2.30. The summed E-state index contributed by atoms with van der Waals surface area (Å²) in [5.41, 5.74) is 6.48. The van der Waals surface area contributed by atoms with E-state index in [4.69, 9.17) is 10.5 Å². The van der Waals surface area contributed by atoms with Crippen molar-refractivity contribution >= 4 is 17.3 Å². The monoisotopic (exact) mass is 280 g/mol. The van der Waals surface area contributed by atoms with Crippen LogP contribution in [0.2, 0.25) is 0 Å². The van der Waals surface area contributed by atoms with Gasteiger partial charge < -0.3 is 15.4 Å². The van der Waals surface area contributed by atoms with Crippen molar-refractivity contribution in [2.45, 2.75) is 38.6 Å². The molecule has 1 aliphatic heterocycles. The third-order valence-electron chi connectivity index (χ3n) is 3.89. The highest BCUT2D eigenvalue weighted by Gasteiger charge is 2.23. The van der Waals surface area contributed by atoms with Crippen molar-refractivity contribution in [2.75, 3.05) is 24.3 Å². The number of ether oxygens (including phenoxy) is 1. The Balaban J connectivity index is 2.41. The van der Waals surface area contributed by atoms with Gasteiger partial charge in [-0.2, -0.15) is 0 Å². The maximum absolute atomic E-state index is 14.2. The lowest BCUT2D eigenvalue weighted by Crippen LogP contribution is -2.33. The molecular formula is C15H21FN2O2. The summed E-state index contributed by atoms with van der Waals surface area (Å²) in [6, 6.07) is 2.97. The van der Waals surface area contributed by atoms with E-state index in [9.17, 15) is 9.18 Å². The lowest BCUT2D eigenvalue weighted by molar-refractivity contribution is 0.0602. The Labute approximate surface area is 118 Å². The number of nitrogens with two attached hydrogens (primary N) is 1. The molecule has 1 aromatic rings. The summed E-state index contributed by atoms with van der Waals surface area (Å²) in [5, 5.41) is 0. The van der Waals surface area contributed by atoms with Gasteiger partial charge in [-0.1, -0.05) is 12.8 Å². The van der Waals surface area contributed by atoms with Crippen molar-refractivity contribution in [2.24, 2.45) is 0 Å². The van der Waals surface area contributed by atoms with E-state index in [0.717, 1.165) is 32.2 Å². The van der Waals surface area contributed by atoms with Crippen LogP contribution in [-0.4, -0.2) is 25.7 Å². The number of nitrogen functional groups attached to an aromatic ring is 1. The van der Waals surface area contributed by atoms with Crippen LogP contribution in [0.3, 0.4) is 0 Å². The Bertz CT molecular complexity index is 505. The smallest absolute Gasteiger partial charge is 0.340 e. The third-order valence-corrected chi connectivity index (χ3v) is 3.89. The lowest BCUT2D eigenvalue weighted by atomic mass is 10.1. The summed E-state index contributed by atoms with van der Waals surface area (Å²) in [7, 11) is 1.29. The van der Waals surface area contributed by atoms with Crippen LogP contribution in [0.4, 0.5) is 15.8 Å². The molecule has 0 saturated carbocycles. The number of carbonyl (C=O) groups excluding carboxylic acids is 1. The second-order valence-corrected chi connectivity index (χ2v) is 5.27. The SMILES string of the molecule is COC(=O)c1cc(N2CCCCCC2C)c(F)cc1N. The van der Waals surface area contributed by atoms with Gasteiger partial charge >= 0.3 is 5.97 Å². The number of carbonyl (C=O) groups is 1. The molecule has 0 bridgehead atoms. The molecule has 1 saturated heterocycles. The van der Waals surface area contributed by atoms with Crippen LogP contribution in [0.1, 0.15) is 43.0 Å². The first-order valence-corrected chi connectivity index (χ1v) is 6.98. The molecule has 1 aromatic carbocycles. The Kier molecular flexibility index (Phi) is 4.47. The Morgan fingerprint density at radius 2 is 2.15 bits per heavy atom. The predicted octanol–water partition coefficient (Wildman–Crippen LogP) is 2.96. The number of anilines is 2. The first-order valence-electron chi connectivity index (χ1n) is 6.98. The van der Waals surface area contributed by atoms with E-state index in [0.29, 0.717) is 5.69 Å². The van der Waals surface area contributed by atoms with E-state index in [1.165, 1.54) is 19.2 Å². The highest BCUT2D eigenvalue weighted by molar-refractivity contribution is 5.96. The van der Waals surface area contributed by atoms with E-state index < -0.39 is 5.97 Å². The van der Waals surface area contributed by atoms with Crippen LogP contribution in [0, 0.1) is 5.82 Å². The number of methoxy groups -OCH3 is 1. The summed E-state index contributed by atoms with van der Waals surface area (Å²) in [6.45, 7) is 2.88. The van der Waals surface area contributed by atoms with Crippen molar-refractivity contribution < 1.29 is 13.9 Å². The topological polar surface area (TPSA) is 55.6 Å². The lowest BCUT2D eigenvalue weighted by Gasteiger charge is -2.30. The molecule has 0 amide bonds. The fourth-order valence-corrected chi connectivity index (χ4v) is 2.72. The molecule has 0 aromatic heterocycles. The molecule has 20 heavy (non-hydrogen) atoms. The van der Waals surface area contributed by atoms with Gasteiger partial charge in [-0.15, -0.1) is 0 Å². The van der Waals surface area contributed by atoms with Gasteiger partial charge in [0.1, 0.15) is 5.82 Å². The number of esters is 1. The van der Waals surface area contributed by atoms with Gasteiger partial charge in [0, 0.05) is 18.3 Å². The zero-order valence-corrected chi connectivity index (χ0v) is 12.0. The van der Waals surface area contributed by atoms with Crippen molar-refractivity contribution in [3.05, 3.63) is 23.5 Å². The van der Waals surface area contributed by atoms with Crippen LogP contribution < -0.4 is 10.6 Å². The van der Waals surface area contributed by atoms with Gasteiger partial charge in [0.15, 0.2) is 0 Å². The quantitative estimate of drug-likeness (QED) is 0.668. The van der Waals surface area contributed by atoms with Crippen molar-refractivity contribution in [1.82, 2.24) is 0 Å². The summed E-state index contributed by atoms with van der Waals surface area (Å²) in [4.78, 5) is 13.7. The minimum Gasteiger partial charge on any atom is -0.465 e. The molecule has 1 aliphatic rings. The summed E-state index contributed by atoms with van der Waals surface area (Å²) >= 11 is 0. The predicted molar refractivity (Wildman–Crippen MR) is 77.4 cm³/mol. The Morgan fingerprint density at radius 3 is 2.85 bits per heavy atom. The zero-order valence-electron chi connectivity index (χ0n) is 12.0. The van der Waals surface area contributed by atoms with Crippen molar-refractivity contribution in [3.8, 4) is 0 Å². The van der Waals surface area contributed by atoms with Gasteiger partial charge in [-0.3, -0.25) is 0 Å². The number of benzene rings is 1. The molecule has 1 fully saturated rings. The molecule has 4 nitrogen and oxygen atoms in total. The van der Waals surface area contributed by atoms with Crippen LogP contribution in [0.5, 0.6) is 0 Å². The second-order valence-electron chi connectivity index (χ2n) is 5.27. The number of nitrogens with zero attached hydrogens (tertiary/aromatic N) is 1. The van der Waals surface area contributed by atoms with E-state index in [1.807, 2.05) is 4.90 Å². The van der Waals surface area contributed by atoms with E-state index in [1.54, 1.807) is 0 Å². The molecule has 2 N–H and O–H groups in total. The molecule has 2 rings (SSSR count). The van der Waals surface area contributed by atoms with E-state index in [2.05, 4.69) is 6.92 Å². The van der Waals surface area contributed by atoms with Crippen LogP contribution in [-0.2, 0) is 4.74 Å².